The molecule has 0 unspecified atom stereocenters. The first-order valence-electron chi connectivity index (χ1n) is 9.03. The molecule has 0 saturated heterocycles. The van der Waals surface area contributed by atoms with Crippen LogP contribution in [0.2, 0.25) is 0 Å². The van der Waals surface area contributed by atoms with Gasteiger partial charge in [0, 0.05) is 18.1 Å². The fourth-order valence-electron chi connectivity index (χ4n) is 2.65. The Labute approximate surface area is 158 Å². The highest BCUT2D eigenvalue weighted by atomic mass is 16.7. The zero-order valence-electron chi connectivity index (χ0n) is 15.6. The predicted octanol–water partition coefficient (Wildman–Crippen LogP) is 4.22. The summed E-state index contributed by atoms with van der Waals surface area (Å²) in [5, 5.41) is 4.05. The summed E-state index contributed by atoms with van der Waals surface area (Å²) in [6.07, 6.45) is 2.64. The molecule has 0 radical (unpaired) electrons. The second-order valence-electron chi connectivity index (χ2n) is 6.10. The zero-order chi connectivity index (χ0) is 19.1. The van der Waals surface area contributed by atoms with Crippen molar-refractivity contribution in [3.8, 4) is 17.2 Å². The van der Waals surface area contributed by atoms with Gasteiger partial charge in [-0.1, -0.05) is 18.5 Å². The number of unbranched alkanes of at least 4 members (excludes halogenated alkanes) is 1. The zero-order valence-corrected chi connectivity index (χ0v) is 15.6. The van der Waals surface area contributed by atoms with Gasteiger partial charge in [0.25, 0.3) is 0 Å². The average molecular weight is 369 g/mol. The smallest absolute Gasteiger partial charge is 0.365 e. The van der Waals surface area contributed by atoms with Gasteiger partial charge < -0.3 is 19.0 Å². The summed E-state index contributed by atoms with van der Waals surface area (Å²) < 4.78 is 16.4. The third-order valence-electron chi connectivity index (χ3n) is 4.19. The van der Waals surface area contributed by atoms with Crippen LogP contribution in [0.3, 0.4) is 0 Å². The number of carbonyl (C=O) groups excluding carboxylic acids is 1. The molecule has 0 atom stereocenters. The van der Waals surface area contributed by atoms with Gasteiger partial charge in [0.05, 0.1) is 31.6 Å². The number of nitrogens with zero attached hydrogens (tertiary/aromatic N) is 1. The standard InChI is InChI=1S/C21H23NO5/c1-3-4-12-25-16-7-5-15(6-8-16)21(23)27-22-19-11-13-26-20-14-17(24-2)9-10-18(19)20/h5-10,14H,3-4,11-13H2,1-2H3/b22-19-. The minimum atomic E-state index is -0.510. The first-order valence-corrected chi connectivity index (χ1v) is 9.03. The molecule has 0 aromatic heterocycles. The van der Waals surface area contributed by atoms with E-state index in [0.29, 0.717) is 42.4 Å². The van der Waals surface area contributed by atoms with Crippen molar-refractivity contribution in [2.75, 3.05) is 20.3 Å². The minimum absolute atomic E-state index is 0.421. The Hall–Kier alpha value is -3.02. The van der Waals surface area contributed by atoms with Gasteiger partial charge in [-0.15, -0.1) is 0 Å². The maximum Gasteiger partial charge on any atom is 0.365 e. The largest absolute Gasteiger partial charge is 0.497 e. The molecule has 0 bridgehead atoms. The van der Waals surface area contributed by atoms with Crippen molar-refractivity contribution in [1.82, 2.24) is 0 Å². The maximum absolute atomic E-state index is 12.3. The number of ether oxygens (including phenoxy) is 3. The number of carbonyl (C=O) groups is 1. The van der Waals surface area contributed by atoms with Crippen molar-refractivity contribution in [2.24, 2.45) is 5.16 Å². The monoisotopic (exact) mass is 369 g/mol. The second-order valence-corrected chi connectivity index (χ2v) is 6.10. The Kier molecular flexibility index (Phi) is 6.30. The summed E-state index contributed by atoms with van der Waals surface area (Å²) in [6.45, 7) is 3.25. The number of benzene rings is 2. The van der Waals surface area contributed by atoms with Crippen LogP contribution in [-0.2, 0) is 4.84 Å². The highest BCUT2D eigenvalue weighted by molar-refractivity contribution is 6.04. The van der Waals surface area contributed by atoms with E-state index in [1.54, 1.807) is 37.4 Å². The van der Waals surface area contributed by atoms with Crippen LogP contribution in [0.4, 0.5) is 0 Å². The third-order valence-corrected chi connectivity index (χ3v) is 4.19. The summed E-state index contributed by atoms with van der Waals surface area (Å²) in [5.74, 6) is 1.60. The molecule has 6 heteroatoms. The van der Waals surface area contributed by atoms with Crippen LogP contribution in [0.5, 0.6) is 17.2 Å². The highest BCUT2D eigenvalue weighted by Crippen LogP contribution is 2.29. The molecule has 6 nitrogen and oxygen atoms in total. The molecule has 27 heavy (non-hydrogen) atoms. The average Bonchev–Trinajstić information content (AvgIpc) is 2.72. The van der Waals surface area contributed by atoms with E-state index >= 15 is 0 Å². The number of fused-ring (bicyclic) bond motifs is 1. The lowest BCUT2D eigenvalue weighted by Crippen LogP contribution is -2.17. The van der Waals surface area contributed by atoms with Gasteiger partial charge in [-0.25, -0.2) is 4.79 Å². The van der Waals surface area contributed by atoms with Crippen molar-refractivity contribution in [2.45, 2.75) is 26.2 Å². The fourth-order valence-corrected chi connectivity index (χ4v) is 2.65. The van der Waals surface area contributed by atoms with Crippen LogP contribution < -0.4 is 14.2 Å². The van der Waals surface area contributed by atoms with Crippen molar-refractivity contribution in [3.63, 3.8) is 0 Å². The molecule has 0 fully saturated rings. The minimum Gasteiger partial charge on any atom is -0.497 e. The van der Waals surface area contributed by atoms with Crippen molar-refractivity contribution < 1.29 is 23.8 Å². The predicted molar refractivity (Wildman–Crippen MR) is 102 cm³/mol. The molecule has 0 amide bonds. The lowest BCUT2D eigenvalue weighted by molar-refractivity contribution is 0.0514. The molecule has 0 N–H and O–H groups in total. The van der Waals surface area contributed by atoms with Crippen LogP contribution in [0.1, 0.15) is 42.1 Å². The van der Waals surface area contributed by atoms with Gasteiger partial charge >= 0.3 is 5.97 Å². The SMILES string of the molecule is CCCCOc1ccc(C(=O)O/N=C2/CCOc3cc(OC)ccc32)cc1. The third kappa shape index (κ3) is 4.78. The van der Waals surface area contributed by atoms with Crippen LogP contribution in [-0.4, -0.2) is 32.0 Å². The van der Waals surface area contributed by atoms with Crippen molar-refractivity contribution in [1.29, 1.82) is 0 Å². The summed E-state index contributed by atoms with van der Waals surface area (Å²) >= 11 is 0. The molecule has 1 heterocycles. The lowest BCUT2D eigenvalue weighted by atomic mass is 10.0. The number of hydrogen-bond acceptors (Lipinski definition) is 6. The fraction of sp³-hybridized carbons (Fsp3) is 0.333. The molecule has 142 valence electrons. The summed E-state index contributed by atoms with van der Waals surface area (Å²) in [7, 11) is 1.60. The first-order chi connectivity index (χ1) is 13.2. The van der Waals surface area contributed by atoms with Crippen LogP contribution in [0.25, 0.3) is 0 Å². The quantitative estimate of drug-likeness (QED) is 0.415. The molecule has 1 aliphatic rings. The molecule has 0 spiro atoms. The molecule has 3 rings (SSSR count). The van der Waals surface area contributed by atoms with E-state index in [1.165, 1.54) is 0 Å². The molecule has 2 aromatic rings. The highest BCUT2D eigenvalue weighted by Gasteiger charge is 2.19. The van der Waals surface area contributed by atoms with Crippen LogP contribution >= 0.6 is 0 Å². The van der Waals surface area contributed by atoms with Gasteiger partial charge in [0.2, 0.25) is 0 Å². The molecule has 0 saturated carbocycles. The molecule has 1 aliphatic heterocycles. The Balaban J connectivity index is 1.65. The molecular formula is C21H23NO5. The number of hydrogen-bond donors (Lipinski definition) is 0. The second kappa shape index (κ2) is 9.07. The molecular weight excluding hydrogens is 346 g/mol. The molecule has 2 aromatic carbocycles. The van der Waals surface area contributed by atoms with Gasteiger partial charge in [-0.05, 0) is 42.8 Å². The number of methoxy groups -OCH3 is 1. The van der Waals surface area contributed by atoms with E-state index in [-0.39, 0.29) is 0 Å². The van der Waals surface area contributed by atoms with Crippen molar-refractivity contribution in [3.05, 3.63) is 53.6 Å². The van der Waals surface area contributed by atoms with Crippen LogP contribution in [0.15, 0.2) is 47.6 Å². The van der Waals surface area contributed by atoms with E-state index in [2.05, 4.69) is 12.1 Å². The Bertz CT molecular complexity index is 814. The van der Waals surface area contributed by atoms with Crippen molar-refractivity contribution >= 4 is 11.7 Å². The first kappa shape index (κ1) is 18.8. The normalized spacial score (nSPS) is 14.2. The molecule has 0 aliphatic carbocycles. The van der Waals surface area contributed by atoms with E-state index < -0.39 is 5.97 Å². The Morgan fingerprint density at radius 3 is 2.67 bits per heavy atom. The number of oxime groups is 1. The van der Waals surface area contributed by atoms with E-state index in [4.69, 9.17) is 19.0 Å². The number of rotatable bonds is 7. The summed E-state index contributed by atoms with van der Waals surface area (Å²) in [5.41, 5.74) is 1.89. The lowest BCUT2D eigenvalue weighted by Gasteiger charge is -2.19. The Morgan fingerprint density at radius 1 is 1.15 bits per heavy atom. The van der Waals surface area contributed by atoms with E-state index in [0.717, 1.165) is 24.2 Å². The topological polar surface area (TPSA) is 66.4 Å². The van der Waals surface area contributed by atoms with E-state index in [9.17, 15) is 4.79 Å². The summed E-state index contributed by atoms with van der Waals surface area (Å²) in [6, 6.07) is 12.3. The maximum atomic E-state index is 12.3. The summed E-state index contributed by atoms with van der Waals surface area (Å²) in [4.78, 5) is 17.4. The van der Waals surface area contributed by atoms with Crippen LogP contribution in [0, 0.1) is 0 Å². The Morgan fingerprint density at radius 2 is 1.93 bits per heavy atom. The van der Waals surface area contributed by atoms with E-state index in [1.807, 2.05) is 12.1 Å². The van der Waals surface area contributed by atoms with Gasteiger partial charge in [0.1, 0.15) is 17.2 Å². The van der Waals surface area contributed by atoms with Gasteiger partial charge in [0.15, 0.2) is 0 Å². The van der Waals surface area contributed by atoms with Gasteiger partial charge in [-0.3, -0.25) is 0 Å². The van der Waals surface area contributed by atoms with Gasteiger partial charge in [-0.2, -0.15) is 0 Å².